The normalized spacial score (nSPS) is 18.0. The first kappa shape index (κ1) is 15.9. The molecule has 0 spiro atoms. The predicted molar refractivity (Wildman–Crippen MR) is 93.2 cm³/mol. The van der Waals surface area contributed by atoms with E-state index >= 15 is 0 Å². The molecule has 0 aromatic heterocycles. The predicted octanol–water partition coefficient (Wildman–Crippen LogP) is 3.64. The molecule has 0 radical (unpaired) electrons. The molecule has 0 bridgehead atoms. The molecule has 23 heavy (non-hydrogen) atoms. The molecule has 122 valence electrons. The van der Waals surface area contributed by atoms with Crippen molar-refractivity contribution in [2.24, 2.45) is 5.92 Å². The van der Waals surface area contributed by atoms with Crippen LogP contribution < -0.4 is 9.47 Å². The summed E-state index contributed by atoms with van der Waals surface area (Å²) in [4.78, 5) is 2.50. The fourth-order valence-electron chi connectivity index (χ4n) is 3.27. The zero-order chi connectivity index (χ0) is 15.9. The molecule has 3 rings (SSSR count). The molecule has 0 amide bonds. The van der Waals surface area contributed by atoms with E-state index in [0.29, 0.717) is 5.92 Å². The SMILES string of the molecule is COc1ccccc1CC1CCN(CCOc2ccccc2)C1. The Labute approximate surface area is 138 Å². The molecular formula is C20H25NO2. The maximum absolute atomic E-state index is 5.80. The van der Waals surface area contributed by atoms with Crippen LogP contribution in [0.4, 0.5) is 0 Å². The van der Waals surface area contributed by atoms with Gasteiger partial charge in [-0.3, -0.25) is 4.90 Å². The number of ether oxygens (including phenoxy) is 2. The van der Waals surface area contributed by atoms with Crippen LogP contribution in [0.5, 0.6) is 11.5 Å². The van der Waals surface area contributed by atoms with E-state index in [9.17, 15) is 0 Å². The van der Waals surface area contributed by atoms with E-state index < -0.39 is 0 Å². The van der Waals surface area contributed by atoms with Gasteiger partial charge in [0.05, 0.1) is 7.11 Å². The number of hydrogen-bond donors (Lipinski definition) is 0. The van der Waals surface area contributed by atoms with E-state index in [1.54, 1.807) is 7.11 Å². The van der Waals surface area contributed by atoms with Gasteiger partial charge in [0, 0.05) is 13.1 Å². The highest BCUT2D eigenvalue weighted by Gasteiger charge is 2.23. The van der Waals surface area contributed by atoms with Crippen LogP contribution in [0.25, 0.3) is 0 Å². The maximum Gasteiger partial charge on any atom is 0.122 e. The molecule has 1 heterocycles. The van der Waals surface area contributed by atoms with Gasteiger partial charge in [0.25, 0.3) is 0 Å². The standard InChI is InChI=1S/C20H25NO2/c1-22-20-10-6-5-7-18(20)15-17-11-12-21(16-17)13-14-23-19-8-3-2-4-9-19/h2-10,17H,11-16H2,1H3. The van der Waals surface area contributed by atoms with Crippen molar-refractivity contribution in [2.45, 2.75) is 12.8 Å². The molecule has 1 fully saturated rings. The fourth-order valence-corrected chi connectivity index (χ4v) is 3.27. The molecule has 2 aromatic rings. The van der Waals surface area contributed by atoms with Crippen LogP contribution in [-0.4, -0.2) is 38.3 Å². The fraction of sp³-hybridized carbons (Fsp3) is 0.400. The van der Waals surface area contributed by atoms with Crippen molar-refractivity contribution in [2.75, 3.05) is 33.4 Å². The summed E-state index contributed by atoms with van der Waals surface area (Å²) in [5.74, 6) is 2.68. The minimum absolute atomic E-state index is 0.711. The molecule has 1 aliphatic heterocycles. The molecular weight excluding hydrogens is 286 g/mol. The molecule has 1 unspecified atom stereocenters. The van der Waals surface area contributed by atoms with E-state index in [1.807, 2.05) is 36.4 Å². The molecule has 0 saturated carbocycles. The van der Waals surface area contributed by atoms with Gasteiger partial charge >= 0.3 is 0 Å². The number of likely N-dealkylation sites (tertiary alicyclic amines) is 1. The second kappa shape index (κ2) is 8.02. The molecule has 2 aromatic carbocycles. The molecule has 0 aliphatic carbocycles. The molecule has 3 heteroatoms. The number of methoxy groups -OCH3 is 1. The van der Waals surface area contributed by atoms with Crippen LogP contribution in [0, 0.1) is 5.92 Å². The molecule has 1 saturated heterocycles. The topological polar surface area (TPSA) is 21.7 Å². The van der Waals surface area contributed by atoms with E-state index in [4.69, 9.17) is 9.47 Å². The molecule has 0 N–H and O–H groups in total. The van der Waals surface area contributed by atoms with Crippen LogP contribution in [0.15, 0.2) is 54.6 Å². The van der Waals surface area contributed by atoms with Crippen molar-refractivity contribution in [1.29, 1.82) is 0 Å². The van der Waals surface area contributed by atoms with Crippen LogP contribution in [0.3, 0.4) is 0 Å². The Hall–Kier alpha value is -2.00. The summed E-state index contributed by atoms with van der Waals surface area (Å²) in [6.45, 7) is 4.07. The van der Waals surface area contributed by atoms with Gasteiger partial charge in [-0.1, -0.05) is 36.4 Å². The van der Waals surface area contributed by atoms with Gasteiger partial charge < -0.3 is 9.47 Å². The summed E-state index contributed by atoms with van der Waals surface area (Å²) in [5.41, 5.74) is 1.32. The third-order valence-electron chi connectivity index (χ3n) is 4.49. The maximum atomic E-state index is 5.80. The third-order valence-corrected chi connectivity index (χ3v) is 4.49. The highest BCUT2D eigenvalue weighted by molar-refractivity contribution is 5.33. The number of rotatable bonds is 7. The smallest absolute Gasteiger partial charge is 0.122 e. The van der Waals surface area contributed by atoms with Crippen LogP contribution in [0.2, 0.25) is 0 Å². The summed E-state index contributed by atoms with van der Waals surface area (Å²) in [5, 5.41) is 0. The minimum Gasteiger partial charge on any atom is -0.496 e. The minimum atomic E-state index is 0.711. The largest absolute Gasteiger partial charge is 0.496 e. The average Bonchev–Trinajstić information content (AvgIpc) is 3.04. The van der Waals surface area contributed by atoms with Crippen molar-refractivity contribution < 1.29 is 9.47 Å². The monoisotopic (exact) mass is 311 g/mol. The van der Waals surface area contributed by atoms with Crippen molar-refractivity contribution in [3.63, 3.8) is 0 Å². The lowest BCUT2D eigenvalue weighted by Gasteiger charge is -2.17. The van der Waals surface area contributed by atoms with Gasteiger partial charge in [0.15, 0.2) is 0 Å². The van der Waals surface area contributed by atoms with Gasteiger partial charge in [-0.15, -0.1) is 0 Å². The highest BCUT2D eigenvalue weighted by Crippen LogP contribution is 2.26. The summed E-state index contributed by atoms with van der Waals surface area (Å²) in [7, 11) is 1.75. The van der Waals surface area contributed by atoms with Gasteiger partial charge in [-0.2, -0.15) is 0 Å². The average molecular weight is 311 g/mol. The lowest BCUT2D eigenvalue weighted by atomic mass is 9.98. The van der Waals surface area contributed by atoms with Gasteiger partial charge in [-0.05, 0) is 49.1 Å². The zero-order valence-corrected chi connectivity index (χ0v) is 13.8. The lowest BCUT2D eigenvalue weighted by Crippen LogP contribution is -2.26. The number of hydrogen-bond acceptors (Lipinski definition) is 3. The number of nitrogens with zero attached hydrogens (tertiary/aromatic N) is 1. The van der Waals surface area contributed by atoms with E-state index in [2.05, 4.69) is 23.1 Å². The van der Waals surface area contributed by atoms with Crippen LogP contribution in [0.1, 0.15) is 12.0 Å². The zero-order valence-electron chi connectivity index (χ0n) is 13.8. The van der Waals surface area contributed by atoms with E-state index in [-0.39, 0.29) is 0 Å². The molecule has 1 atom stereocenters. The van der Waals surface area contributed by atoms with Crippen LogP contribution in [-0.2, 0) is 6.42 Å². The first-order valence-electron chi connectivity index (χ1n) is 8.37. The van der Waals surface area contributed by atoms with E-state index in [0.717, 1.165) is 44.2 Å². The first-order valence-corrected chi connectivity index (χ1v) is 8.37. The van der Waals surface area contributed by atoms with Crippen molar-refractivity contribution >= 4 is 0 Å². The Bertz CT molecular complexity index is 600. The first-order chi connectivity index (χ1) is 11.3. The summed E-state index contributed by atoms with van der Waals surface area (Å²) >= 11 is 0. The Morgan fingerprint density at radius 3 is 2.65 bits per heavy atom. The quantitative estimate of drug-likeness (QED) is 0.779. The summed E-state index contributed by atoms with van der Waals surface area (Å²) in [6.07, 6.45) is 2.35. The Morgan fingerprint density at radius 1 is 1.04 bits per heavy atom. The summed E-state index contributed by atoms with van der Waals surface area (Å²) < 4.78 is 11.3. The van der Waals surface area contributed by atoms with Crippen LogP contribution >= 0.6 is 0 Å². The van der Waals surface area contributed by atoms with Crippen molar-refractivity contribution in [1.82, 2.24) is 4.90 Å². The second-order valence-corrected chi connectivity index (χ2v) is 6.13. The third kappa shape index (κ3) is 4.49. The Balaban J connectivity index is 1.43. The second-order valence-electron chi connectivity index (χ2n) is 6.13. The Kier molecular flexibility index (Phi) is 5.54. The summed E-state index contributed by atoms with van der Waals surface area (Å²) in [6, 6.07) is 18.4. The number of benzene rings is 2. The van der Waals surface area contributed by atoms with Crippen molar-refractivity contribution in [3.8, 4) is 11.5 Å². The Morgan fingerprint density at radius 2 is 1.83 bits per heavy atom. The number of para-hydroxylation sites is 2. The van der Waals surface area contributed by atoms with Gasteiger partial charge in [0.1, 0.15) is 18.1 Å². The van der Waals surface area contributed by atoms with Gasteiger partial charge in [0.2, 0.25) is 0 Å². The lowest BCUT2D eigenvalue weighted by molar-refractivity contribution is 0.232. The van der Waals surface area contributed by atoms with Gasteiger partial charge in [-0.25, -0.2) is 0 Å². The molecule has 3 nitrogen and oxygen atoms in total. The van der Waals surface area contributed by atoms with E-state index in [1.165, 1.54) is 12.0 Å². The van der Waals surface area contributed by atoms with Crippen molar-refractivity contribution in [3.05, 3.63) is 60.2 Å². The molecule has 1 aliphatic rings. The highest BCUT2D eigenvalue weighted by atomic mass is 16.5.